The number of nitrogens with zero attached hydrogens (tertiary/aromatic N) is 2. The van der Waals surface area contributed by atoms with Gasteiger partial charge in [0.2, 0.25) is 0 Å². The van der Waals surface area contributed by atoms with Gasteiger partial charge in [0.05, 0.1) is 11.8 Å². The van der Waals surface area contributed by atoms with Gasteiger partial charge in [-0.2, -0.15) is 0 Å². The van der Waals surface area contributed by atoms with E-state index < -0.39 is 0 Å². The summed E-state index contributed by atoms with van der Waals surface area (Å²) in [6.45, 7) is 7.56. The first kappa shape index (κ1) is 18.1. The zero-order valence-corrected chi connectivity index (χ0v) is 15.5. The van der Waals surface area contributed by atoms with Gasteiger partial charge in [-0.3, -0.25) is 4.90 Å². The number of urea groups is 1. The fraction of sp³-hybridized carbons (Fsp3) is 0.650. The molecule has 1 saturated carbocycles. The Balaban J connectivity index is 1.53. The monoisotopic (exact) mass is 345 g/mol. The van der Waals surface area contributed by atoms with Crippen LogP contribution in [0.5, 0.6) is 5.75 Å². The summed E-state index contributed by atoms with van der Waals surface area (Å²) in [6, 6.07) is 8.35. The van der Waals surface area contributed by atoms with Gasteiger partial charge in [0.25, 0.3) is 0 Å². The Labute approximate surface area is 151 Å². The van der Waals surface area contributed by atoms with Crippen molar-refractivity contribution in [1.82, 2.24) is 9.80 Å². The van der Waals surface area contributed by atoms with Crippen LogP contribution in [0.25, 0.3) is 0 Å². The lowest BCUT2D eigenvalue weighted by Gasteiger charge is -2.40. The number of benzene rings is 1. The second-order valence-corrected chi connectivity index (χ2v) is 7.41. The van der Waals surface area contributed by atoms with E-state index in [0.29, 0.717) is 0 Å². The van der Waals surface area contributed by atoms with Crippen LogP contribution in [0.15, 0.2) is 24.3 Å². The summed E-state index contributed by atoms with van der Waals surface area (Å²) < 4.78 is 5.79. The highest BCUT2D eigenvalue weighted by Crippen LogP contribution is 2.26. The van der Waals surface area contributed by atoms with Gasteiger partial charge in [0.1, 0.15) is 5.75 Å². The van der Waals surface area contributed by atoms with Crippen LogP contribution in [0.1, 0.15) is 46.0 Å². The number of carbonyl (C=O) groups excluding carboxylic acids is 1. The molecule has 0 atom stereocenters. The highest BCUT2D eigenvalue weighted by molar-refractivity contribution is 5.91. The van der Waals surface area contributed by atoms with Crippen LogP contribution in [0.4, 0.5) is 10.5 Å². The number of para-hydroxylation sites is 2. The third-order valence-electron chi connectivity index (χ3n) is 5.18. The van der Waals surface area contributed by atoms with Crippen molar-refractivity contribution in [2.75, 3.05) is 31.5 Å². The molecule has 1 saturated heterocycles. The molecule has 0 bridgehead atoms. The highest BCUT2D eigenvalue weighted by atomic mass is 16.5. The second-order valence-electron chi connectivity index (χ2n) is 7.41. The first-order valence-electron chi connectivity index (χ1n) is 9.69. The summed E-state index contributed by atoms with van der Waals surface area (Å²) in [5, 5.41) is 3.02. The Kier molecular flexibility index (Phi) is 6.19. The number of hydrogen-bond donors (Lipinski definition) is 1. The Morgan fingerprint density at radius 3 is 2.44 bits per heavy atom. The minimum Gasteiger partial charge on any atom is -0.489 e. The van der Waals surface area contributed by atoms with E-state index in [1.54, 1.807) is 0 Å². The van der Waals surface area contributed by atoms with Gasteiger partial charge in [0.15, 0.2) is 0 Å². The van der Waals surface area contributed by atoms with E-state index in [1.807, 2.05) is 43.0 Å². The van der Waals surface area contributed by atoms with E-state index in [-0.39, 0.29) is 12.1 Å². The van der Waals surface area contributed by atoms with Crippen molar-refractivity contribution in [3.63, 3.8) is 0 Å². The first-order chi connectivity index (χ1) is 12.1. The largest absolute Gasteiger partial charge is 0.489 e. The molecule has 5 nitrogen and oxygen atoms in total. The number of rotatable bonds is 4. The normalized spacial score (nSPS) is 19.9. The predicted molar refractivity (Wildman–Crippen MR) is 101 cm³/mol. The van der Waals surface area contributed by atoms with Gasteiger partial charge in [0, 0.05) is 32.2 Å². The van der Waals surface area contributed by atoms with E-state index in [9.17, 15) is 4.79 Å². The molecule has 0 spiro atoms. The van der Waals surface area contributed by atoms with Gasteiger partial charge < -0.3 is 15.0 Å². The predicted octanol–water partition coefficient (Wildman–Crippen LogP) is 3.96. The minimum atomic E-state index is -0.0249. The number of anilines is 1. The molecule has 0 aromatic heterocycles. The summed E-state index contributed by atoms with van der Waals surface area (Å²) in [4.78, 5) is 17.1. The van der Waals surface area contributed by atoms with Crippen LogP contribution in [0, 0.1) is 0 Å². The molecule has 2 amide bonds. The minimum absolute atomic E-state index is 0.0249. The number of nitrogens with one attached hydrogen (secondary N) is 1. The van der Waals surface area contributed by atoms with Crippen molar-refractivity contribution in [2.24, 2.45) is 0 Å². The number of amides is 2. The van der Waals surface area contributed by atoms with Crippen molar-refractivity contribution < 1.29 is 9.53 Å². The van der Waals surface area contributed by atoms with Crippen LogP contribution in [-0.4, -0.2) is 54.2 Å². The van der Waals surface area contributed by atoms with Crippen LogP contribution in [0.2, 0.25) is 0 Å². The molecule has 5 heteroatoms. The van der Waals surface area contributed by atoms with Crippen LogP contribution in [0.3, 0.4) is 0 Å². The Morgan fingerprint density at radius 2 is 1.76 bits per heavy atom. The average molecular weight is 345 g/mol. The quantitative estimate of drug-likeness (QED) is 0.898. The van der Waals surface area contributed by atoms with Crippen molar-refractivity contribution in [3.8, 4) is 5.75 Å². The molecule has 2 fully saturated rings. The lowest BCUT2D eigenvalue weighted by atomic mass is 9.94. The van der Waals surface area contributed by atoms with E-state index in [1.165, 1.54) is 32.1 Å². The molecule has 2 aliphatic rings. The Hall–Kier alpha value is -1.75. The zero-order valence-electron chi connectivity index (χ0n) is 15.5. The third kappa shape index (κ3) is 4.88. The van der Waals surface area contributed by atoms with Crippen LogP contribution < -0.4 is 10.1 Å². The van der Waals surface area contributed by atoms with Crippen LogP contribution in [-0.2, 0) is 0 Å². The maximum atomic E-state index is 12.6. The van der Waals surface area contributed by atoms with E-state index in [0.717, 1.165) is 43.7 Å². The number of hydrogen-bond acceptors (Lipinski definition) is 3. The molecule has 1 N–H and O–H groups in total. The molecule has 25 heavy (non-hydrogen) atoms. The summed E-state index contributed by atoms with van der Waals surface area (Å²) in [7, 11) is 0. The van der Waals surface area contributed by atoms with Crippen molar-refractivity contribution in [1.29, 1.82) is 0 Å². The molecule has 1 aliphatic carbocycles. The van der Waals surface area contributed by atoms with Gasteiger partial charge in [-0.15, -0.1) is 0 Å². The third-order valence-corrected chi connectivity index (χ3v) is 5.18. The zero-order chi connectivity index (χ0) is 17.6. The Bertz CT molecular complexity index is 562. The lowest BCUT2D eigenvalue weighted by molar-refractivity contribution is 0.0942. The molecule has 3 rings (SSSR count). The molecule has 0 radical (unpaired) electrons. The number of ether oxygens (including phenoxy) is 1. The average Bonchev–Trinajstić information content (AvgIpc) is 2.64. The van der Waals surface area contributed by atoms with Gasteiger partial charge >= 0.3 is 6.03 Å². The van der Waals surface area contributed by atoms with Crippen LogP contribution >= 0.6 is 0 Å². The number of piperazine rings is 1. The second kappa shape index (κ2) is 8.56. The van der Waals surface area contributed by atoms with E-state index >= 15 is 0 Å². The topological polar surface area (TPSA) is 44.8 Å². The molecule has 1 aliphatic heterocycles. The van der Waals surface area contributed by atoms with E-state index in [2.05, 4.69) is 10.2 Å². The van der Waals surface area contributed by atoms with Crippen molar-refractivity contribution in [2.45, 2.75) is 58.1 Å². The summed E-state index contributed by atoms with van der Waals surface area (Å²) >= 11 is 0. The molecular formula is C20H31N3O2. The van der Waals surface area contributed by atoms with Crippen molar-refractivity contribution in [3.05, 3.63) is 24.3 Å². The SMILES string of the molecule is CC(C)Oc1ccccc1NC(=O)N1CCN(C2CCCCC2)CC1. The molecular weight excluding hydrogens is 314 g/mol. The first-order valence-corrected chi connectivity index (χ1v) is 9.69. The fourth-order valence-electron chi connectivity index (χ4n) is 3.86. The number of carbonyl (C=O) groups is 1. The molecule has 138 valence electrons. The smallest absolute Gasteiger partial charge is 0.322 e. The Morgan fingerprint density at radius 1 is 1.08 bits per heavy atom. The lowest BCUT2D eigenvalue weighted by Crippen LogP contribution is -2.53. The summed E-state index contributed by atoms with van der Waals surface area (Å²) in [5.74, 6) is 0.728. The standard InChI is InChI=1S/C20H31N3O2/c1-16(2)25-19-11-7-6-10-18(19)21-20(24)23-14-12-22(13-15-23)17-8-4-3-5-9-17/h6-7,10-11,16-17H,3-5,8-9,12-15H2,1-2H3,(H,21,24). The maximum absolute atomic E-state index is 12.6. The molecule has 1 aromatic rings. The summed E-state index contributed by atoms with van der Waals surface area (Å²) in [6.07, 6.45) is 6.84. The van der Waals surface area contributed by atoms with Gasteiger partial charge in [-0.05, 0) is 38.8 Å². The molecule has 1 heterocycles. The molecule has 0 unspecified atom stereocenters. The molecule has 1 aromatic carbocycles. The van der Waals surface area contributed by atoms with E-state index in [4.69, 9.17) is 4.74 Å². The van der Waals surface area contributed by atoms with Gasteiger partial charge in [-0.1, -0.05) is 31.4 Å². The maximum Gasteiger partial charge on any atom is 0.322 e. The fourth-order valence-corrected chi connectivity index (χ4v) is 3.86. The van der Waals surface area contributed by atoms with Crippen molar-refractivity contribution >= 4 is 11.7 Å². The van der Waals surface area contributed by atoms with Gasteiger partial charge in [-0.25, -0.2) is 4.79 Å². The highest BCUT2D eigenvalue weighted by Gasteiger charge is 2.27. The summed E-state index contributed by atoms with van der Waals surface area (Å²) in [5.41, 5.74) is 0.746.